The van der Waals surface area contributed by atoms with Gasteiger partial charge in [0.1, 0.15) is 0 Å². The van der Waals surface area contributed by atoms with Gasteiger partial charge in [-0.2, -0.15) is 0 Å². The van der Waals surface area contributed by atoms with Gasteiger partial charge in [-0.15, -0.1) is 0 Å². The summed E-state index contributed by atoms with van der Waals surface area (Å²) in [6.45, 7) is 13.7. The molecule has 0 N–H and O–H groups in total. The number of para-hydroxylation sites is 2. The third-order valence-corrected chi connectivity index (χ3v) is 12.3. The Bertz CT molecular complexity index is 1310. The van der Waals surface area contributed by atoms with Crippen LogP contribution < -0.4 is 9.47 Å². The number of hydrogen-bond acceptors (Lipinski definition) is 4. The first-order valence-corrected chi connectivity index (χ1v) is 15.0. The second kappa shape index (κ2) is 10.3. The fourth-order valence-corrected chi connectivity index (χ4v) is 8.44. The van der Waals surface area contributed by atoms with Gasteiger partial charge in [0, 0.05) is 0 Å². The van der Waals surface area contributed by atoms with E-state index in [1.54, 1.807) is 0 Å². The molecule has 0 saturated carbocycles. The Morgan fingerprint density at radius 3 is 1.08 bits per heavy atom. The molecular formula is C34H36N2O2Se. The van der Waals surface area contributed by atoms with Crippen molar-refractivity contribution >= 4 is 15.0 Å². The first-order chi connectivity index (χ1) is 18.5. The van der Waals surface area contributed by atoms with Crippen molar-refractivity contribution in [3.05, 3.63) is 120 Å². The van der Waals surface area contributed by atoms with Crippen LogP contribution in [0, 0.1) is 10.8 Å². The van der Waals surface area contributed by atoms with E-state index in [4.69, 9.17) is 19.7 Å². The van der Waals surface area contributed by atoms with Crippen molar-refractivity contribution in [2.75, 3.05) is 0 Å². The molecule has 1 heterocycles. The van der Waals surface area contributed by atoms with Gasteiger partial charge in [0.05, 0.1) is 0 Å². The molecule has 4 nitrogen and oxygen atoms in total. The summed E-state index contributed by atoms with van der Waals surface area (Å²) in [7, 11) is 0. The average molecular weight is 584 g/mol. The van der Waals surface area contributed by atoms with Crippen molar-refractivity contribution < 1.29 is 9.47 Å². The molecule has 0 aliphatic carbocycles. The van der Waals surface area contributed by atoms with Crippen molar-refractivity contribution in [2.45, 2.75) is 50.4 Å². The third kappa shape index (κ3) is 5.26. The summed E-state index contributed by atoms with van der Waals surface area (Å²) >= 11 is -0.0277. The molecule has 4 aromatic carbocycles. The summed E-state index contributed by atoms with van der Waals surface area (Å²) in [5, 5.41) is 10.4. The number of benzene rings is 4. The van der Waals surface area contributed by atoms with Gasteiger partial charge in [-0.05, 0) is 0 Å². The molecule has 4 aromatic rings. The summed E-state index contributed by atoms with van der Waals surface area (Å²) in [6.07, 6.45) is 0. The normalized spacial score (nSPS) is 21.1. The van der Waals surface area contributed by atoms with Crippen molar-refractivity contribution in [1.29, 1.82) is 0 Å². The van der Waals surface area contributed by atoms with Gasteiger partial charge >= 0.3 is 239 Å². The Labute approximate surface area is 238 Å². The molecule has 2 atom stereocenters. The van der Waals surface area contributed by atoms with E-state index >= 15 is 0 Å². The SMILES string of the molecule is CC(C)(C)[C@@]1(c2ccc(Oc3ccccc3)cc2)N=N[C@](c2ccc(Oc3ccccc3)cc2)(C(C)(C)C)[Se]1. The number of ether oxygens (including phenoxy) is 2. The summed E-state index contributed by atoms with van der Waals surface area (Å²) in [4.78, 5) is 0. The molecular weight excluding hydrogens is 547 g/mol. The quantitative estimate of drug-likeness (QED) is 0.212. The van der Waals surface area contributed by atoms with Gasteiger partial charge in [0.2, 0.25) is 0 Å². The van der Waals surface area contributed by atoms with E-state index in [1.165, 1.54) is 11.1 Å². The molecule has 0 spiro atoms. The first-order valence-electron chi connectivity index (χ1n) is 13.3. The summed E-state index contributed by atoms with van der Waals surface area (Å²) < 4.78 is 11.3. The monoisotopic (exact) mass is 584 g/mol. The third-order valence-electron chi connectivity index (χ3n) is 7.11. The molecule has 0 amide bonds. The van der Waals surface area contributed by atoms with Crippen LogP contribution in [-0.2, 0) is 8.87 Å². The van der Waals surface area contributed by atoms with Gasteiger partial charge in [-0.25, -0.2) is 0 Å². The zero-order valence-corrected chi connectivity index (χ0v) is 25.2. The number of hydrogen-bond donors (Lipinski definition) is 0. The molecule has 5 heteroatoms. The van der Waals surface area contributed by atoms with Gasteiger partial charge in [-0.3, -0.25) is 0 Å². The molecule has 0 radical (unpaired) electrons. The molecule has 0 aromatic heterocycles. The van der Waals surface area contributed by atoms with Gasteiger partial charge < -0.3 is 0 Å². The average Bonchev–Trinajstić information content (AvgIpc) is 3.35. The van der Waals surface area contributed by atoms with Crippen LogP contribution in [0.4, 0.5) is 0 Å². The van der Waals surface area contributed by atoms with Crippen LogP contribution in [0.25, 0.3) is 0 Å². The van der Waals surface area contributed by atoms with Crippen molar-refractivity contribution in [2.24, 2.45) is 21.1 Å². The summed E-state index contributed by atoms with van der Waals surface area (Å²) in [5.41, 5.74) is 2.08. The first kappa shape index (κ1) is 27.2. The van der Waals surface area contributed by atoms with E-state index in [0.29, 0.717) is 0 Å². The Morgan fingerprint density at radius 1 is 0.462 bits per heavy atom. The van der Waals surface area contributed by atoms with Crippen molar-refractivity contribution in [1.82, 2.24) is 0 Å². The Kier molecular flexibility index (Phi) is 7.17. The van der Waals surface area contributed by atoms with E-state index in [-0.39, 0.29) is 25.8 Å². The molecule has 0 saturated heterocycles. The van der Waals surface area contributed by atoms with E-state index in [0.717, 1.165) is 23.0 Å². The molecule has 5 rings (SSSR count). The molecule has 0 fully saturated rings. The summed E-state index contributed by atoms with van der Waals surface area (Å²) in [6, 6.07) is 36.6. The molecule has 0 bridgehead atoms. The van der Waals surface area contributed by atoms with E-state index in [2.05, 4.69) is 65.8 Å². The zero-order chi connectivity index (χ0) is 27.7. The van der Waals surface area contributed by atoms with Crippen LogP contribution >= 0.6 is 0 Å². The molecule has 0 unspecified atom stereocenters. The van der Waals surface area contributed by atoms with Crippen LogP contribution in [0.5, 0.6) is 23.0 Å². The minimum atomic E-state index is -0.433. The van der Waals surface area contributed by atoms with E-state index in [9.17, 15) is 0 Å². The Balaban J connectivity index is 1.48. The van der Waals surface area contributed by atoms with Gasteiger partial charge in [-0.1, -0.05) is 0 Å². The Morgan fingerprint density at radius 2 is 0.769 bits per heavy atom. The van der Waals surface area contributed by atoms with E-state index < -0.39 is 8.87 Å². The fraction of sp³-hybridized carbons (Fsp3) is 0.294. The maximum absolute atomic E-state index is 6.07. The van der Waals surface area contributed by atoms with Crippen molar-refractivity contribution in [3.8, 4) is 23.0 Å². The summed E-state index contributed by atoms with van der Waals surface area (Å²) in [5.74, 6) is 3.28. The molecule has 39 heavy (non-hydrogen) atoms. The van der Waals surface area contributed by atoms with Crippen LogP contribution in [0.1, 0.15) is 52.7 Å². The number of nitrogens with zero attached hydrogens (tertiary/aromatic N) is 2. The van der Waals surface area contributed by atoms with Crippen molar-refractivity contribution in [3.63, 3.8) is 0 Å². The predicted octanol–water partition coefficient (Wildman–Crippen LogP) is 9.54. The van der Waals surface area contributed by atoms with Crippen LogP contribution in [0.15, 0.2) is 119 Å². The molecule has 1 aliphatic heterocycles. The minimum absolute atomic E-state index is 0.0277. The predicted molar refractivity (Wildman–Crippen MR) is 159 cm³/mol. The van der Waals surface area contributed by atoms with Crippen LogP contribution in [0.2, 0.25) is 0 Å². The zero-order valence-electron chi connectivity index (χ0n) is 23.5. The van der Waals surface area contributed by atoms with Gasteiger partial charge in [0.15, 0.2) is 0 Å². The molecule has 1 aliphatic rings. The number of azo groups is 1. The standard InChI is InChI=1S/C34H36N2O2Se/c1-31(2,3)33(25-17-21-29(22-18-25)37-27-13-9-7-10-14-27)35-36-34(39-33,32(4,5)6)26-19-23-30(24-20-26)38-28-15-11-8-12-16-28/h7-24H,1-6H3/t33-,34-/m0/s1. The fourth-order valence-electron chi connectivity index (χ4n) is 4.85. The second-order valence-corrected chi connectivity index (χ2v) is 14.9. The Hall–Kier alpha value is -3.40. The van der Waals surface area contributed by atoms with Crippen LogP contribution in [-0.4, -0.2) is 15.0 Å². The van der Waals surface area contributed by atoms with Gasteiger partial charge in [0.25, 0.3) is 0 Å². The van der Waals surface area contributed by atoms with E-state index in [1.807, 2.05) is 84.9 Å². The topological polar surface area (TPSA) is 43.2 Å². The number of rotatable bonds is 6. The maximum atomic E-state index is 6.07. The van der Waals surface area contributed by atoms with Crippen LogP contribution in [0.3, 0.4) is 0 Å². The molecule has 200 valence electrons. The second-order valence-electron chi connectivity index (χ2n) is 12.0.